The van der Waals surface area contributed by atoms with Crippen molar-refractivity contribution < 1.29 is 9.53 Å². The molecule has 5 nitrogen and oxygen atoms in total. The number of aromatic nitrogens is 1. The molecule has 0 saturated heterocycles. The van der Waals surface area contributed by atoms with Crippen molar-refractivity contribution in [1.29, 1.82) is 5.26 Å². The molecular formula is C22H26N2O3. The first-order valence-electron chi connectivity index (χ1n) is 8.99. The van der Waals surface area contributed by atoms with Gasteiger partial charge in [0, 0.05) is 5.69 Å². The molecule has 0 bridgehead atoms. The highest BCUT2D eigenvalue weighted by atomic mass is 16.5. The molecule has 0 aliphatic heterocycles. The standard InChI is InChI=1S/C22H26N2O3/c1-13-11-16(22(4,5)6)7-9-19(13)27-20(25)10-8-17-14(2)18(12-23)21(26)24-15(17)3/h7,9,11H,8,10H2,1-6H3,(H,24,26). The Kier molecular flexibility index (Phi) is 5.90. The highest BCUT2D eigenvalue weighted by Crippen LogP contribution is 2.28. The molecule has 2 rings (SSSR count). The second-order valence-electron chi connectivity index (χ2n) is 7.87. The van der Waals surface area contributed by atoms with Crippen LogP contribution < -0.4 is 10.3 Å². The smallest absolute Gasteiger partial charge is 0.311 e. The van der Waals surface area contributed by atoms with E-state index in [-0.39, 0.29) is 23.4 Å². The summed E-state index contributed by atoms with van der Waals surface area (Å²) in [5, 5.41) is 9.14. The van der Waals surface area contributed by atoms with Crippen molar-refractivity contribution in [3.63, 3.8) is 0 Å². The molecule has 142 valence electrons. The summed E-state index contributed by atoms with van der Waals surface area (Å²) >= 11 is 0. The van der Waals surface area contributed by atoms with E-state index in [9.17, 15) is 9.59 Å². The molecule has 1 N–H and O–H groups in total. The van der Waals surface area contributed by atoms with Crippen molar-refractivity contribution in [3.05, 3.63) is 62.1 Å². The first kappa shape index (κ1) is 20.4. The predicted molar refractivity (Wildman–Crippen MR) is 105 cm³/mol. The fraction of sp³-hybridized carbons (Fsp3) is 0.409. The second kappa shape index (κ2) is 7.79. The van der Waals surface area contributed by atoms with Crippen molar-refractivity contribution in [2.45, 2.75) is 59.8 Å². The lowest BCUT2D eigenvalue weighted by Gasteiger charge is -2.20. The number of hydrogen-bond acceptors (Lipinski definition) is 4. The van der Waals surface area contributed by atoms with Crippen LogP contribution in [0.15, 0.2) is 23.0 Å². The van der Waals surface area contributed by atoms with E-state index >= 15 is 0 Å². The number of aryl methyl sites for hydroxylation is 2. The van der Waals surface area contributed by atoms with Gasteiger partial charge in [0.1, 0.15) is 17.4 Å². The zero-order valence-corrected chi connectivity index (χ0v) is 16.8. The van der Waals surface area contributed by atoms with Gasteiger partial charge in [-0.05, 0) is 60.9 Å². The van der Waals surface area contributed by atoms with Gasteiger partial charge in [-0.3, -0.25) is 9.59 Å². The van der Waals surface area contributed by atoms with E-state index in [2.05, 4.69) is 25.8 Å². The molecule has 1 heterocycles. The minimum Gasteiger partial charge on any atom is -0.426 e. The summed E-state index contributed by atoms with van der Waals surface area (Å²) in [6.45, 7) is 11.8. The number of benzene rings is 1. The molecule has 0 aliphatic rings. The summed E-state index contributed by atoms with van der Waals surface area (Å²) in [7, 11) is 0. The number of esters is 1. The Morgan fingerprint density at radius 2 is 1.89 bits per heavy atom. The quantitative estimate of drug-likeness (QED) is 0.655. The van der Waals surface area contributed by atoms with E-state index in [1.54, 1.807) is 13.8 Å². The summed E-state index contributed by atoms with van der Waals surface area (Å²) in [5.41, 5.74) is 3.94. The Balaban J connectivity index is 2.12. The third-order valence-electron chi connectivity index (χ3n) is 4.76. The van der Waals surface area contributed by atoms with E-state index in [1.165, 1.54) is 5.56 Å². The molecule has 1 aromatic carbocycles. The van der Waals surface area contributed by atoms with E-state index in [4.69, 9.17) is 10.00 Å². The summed E-state index contributed by atoms with van der Waals surface area (Å²) in [6.07, 6.45) is 0.570. The average molecular weight is 366 g/mol. The molecule has 0 saturated carbocycles. The monoisotopic (exact) mass is 366 g/mol. The minimum atomic E-state index is -0.395. The molecule has 0 atom stereocenters. The first-order valence-corrected chi connectivity index (χ1v) is 8.99. The maximum absolute atomic E-state index is 12.3. The Hall–Kier alpha value is -2.87. The molecule has 0 fully saturated rings. The molecule has 2 aromatic rings. The number of H-pyrrole nitrogens is 1. The number of pyridine rings is 1. The lowest BCUT2D eigenvalue weighted by atomic mass is 9.86. The molecular weight excluding hydrogens is 340 g/mol. The van der Waals surface area contributed by atoms with Crippen LogP contribution in [0.25, 0.3) is 0 Å². The summed E-state index contributed by atoms with van der Waals surface area (Å²) in [6, 6.07) is 7.77. The van der Waals surface area contributed by atoms with E-state index in [0.29, 0.717) is 23.4 Å². The first-order chi connectivity index (χ1) is 12.5. The van der Waals surface area contributed by atoms with E-state index < -0.39 is 5.56 Å². The summed E-state index contributed by atoms with van der Waals surface area (Å²) in [5.74, 6) is 0.214. The number of nitrogens with zero attached hydrogens (tertiary/aromatic N) is 1. The Morgan fingerprint density at radius 3 is 2.44 bits per heavy atom. The SMILES string of the molecule is Cc1cc(C(C)(C)C)ccc1OC(=O)CCc1c(C)[nH]c(=O)c(C#N)c1C. The topological polar surface area (TPSA) is 83.0 Å². The van der Waals surface area contributed by atoms with Gasteiger partial charge >= 0.3 is 5.97 Å². The van der Waals surface area contributed by atoms with Gasteiger partial charge in [0.25, 0.3) is 5.56 Å². The van der Waals surface area contributed by atoms with Crippen molar-refractivity contribution >= 4 is 5.97 Å². The van der Waals surface area contributed by atoms with Gasteiger partial charge in [0.05, 0.1) is 6.42 Å². The number of nitriles is 1. The number of nitrogens with one attached hydrogen (secondary N) is 1. The molecule has 27 heavy (non-hydrogen) atoms. The zero-order valence-electron chi connectivity index (χ0n) is 16.8. The van der Waals surface area contributed by atoms with Crippen LogP contribution in [0.4, 0.5) is 0 Å². The van der Waals surface area contributed by atoms with Crippen LogP contribution in [0, 0.1) is 32.1 Å². The highest BCUT2D eigenvalue weighted by molar-refractivity contribution is 5.73. The number of rotatable bonds is 4. The van der Waals surface area contributed by atoms with Crippen LogP contribution >= 0.6 is 0 Å². The fourth-order valence-electron chi connectivity index (χ4n) is 3.05. The van der Waals surface area contributed by atoms with E-state index in [0.717, 1.165) is 11.1 Å². The second-order valence-corrected chi connectivity index (χ2v) is 7.87. The number of carbonyl (C=O) groups is 1. The average Bonchev–Trinajstić information content (AvgIpc) is 2.55. The fourth-order valence-corrected chi connectivity index (χ4v) is 3.05. The number of aromatic amines is 1. The van der Waals surface area contributed by atoms with Crippen molar-refractivity contribution in [2.75, 3.05) is 0 Å². The maximum Gasteiger partial charge on any atom is 0.311 e. The van der Waals surface area contributed by atoms with Gasteiger partial charge in [0.15, 0.2) is 0 Å². The Morgan fingerprint density at radius 1 is 1.22 bits per heavy atom. The molecule has 0 amide bonds. The van der Waals surface area contributed by atoms with Gasteiger partial charge in [-0.15, -0.1) is 0 Å². The lowest BCUT2D eigenvalue weighted by molar-refractivity contribution is -0.134. The van der Waals surface area contributed by atoms with Gasteiger partial charge in [-0.1, -0.05) is 32.9 Å². The minimum absolute atomic E-state index is 0.0328. The molecule has 0 spiro atoms. The third-order valence-corrected chi connectivity index (χ3v) is 4.76. The molecule has 0 unspecified atom stereocenters. The summed E-state index contributed by atoms with van der Waals surface area (Å²) < 4.78 is 5.52. The molecule has 1 aromatic heterocycles. The van der Waals surface area contributed by atoms with Gasteiger partial charge in [0.2, 0.25) is 0 Å². The third kappa shape index (κ3) is 4.65. The summed E-state index contributed by atoms with van der Waals surface area (Å²) in [4.78, 5) is 26.8. The lowest BCUT2D eigenvalue weighted by Crippen LogP contribution is -2.18. The normalized spacial score (nSPS) is 11.1. The number of ether oxygens (including phenoxy) is 1. The highest BCUT2D eigenvalue weighted by Gasteiger charge is 2.17. The van der Waals surface area contributed by atoms with Crippen molar-refractivity contribution in [1.82, 2.24) is 4.98 Å². The Labute approximate surface area is 160 Å². The van der Waals surface area contributed by atoms with Crippen LogP contribution in [0.2, 0.25) is 0 Å². The van der Waals surface area contributed by atoms with Gasteiger partial charge in [-0.2, -0.15) is 5.26 Å². The van der Waals surface area contributed by atoms with Crippen molar-refractivity contribution in [3.8, 4) is 11.8 Å². The van der Waals surface area contributed by atoms with E-state index in [1.807, 2.05) is 31.2 Å². The van der Waals surface area contributed by atoms with Crippen LogP contribution in [0.1, 0.15) is 60.7 Å². The largest absolute Gasteiger partial charge is 0.426 e. The van der Waals surface area contributed by atoms with Crippen molar-refractivity contribution in [2.24, 2.45) is 0 Å². The predicted octanol–water partition coefficient (Wildman–Crippen LogP) is 4.01. The maximum atomic E-state index is 12.3. The molecule has 0 radical (unpaired) electrons. The zero-order chi connectivity index (χ0) is 20.4. The molecule has 5 heteroatoms. The van der Waals surface area contributed by atoms with Crippen LogP contribution in [-0.2, 0) is 16.6 Å². The molecule has 0 aliphatic carbocycles. The van der Waals surface area contributed by atoms with Crippen LogP contribution in [-0.4, -0.2) is 11.0 Å². The van der Waals surface area contributed by atoms with Gasteiger partial charge in [-0.25, -0.2) is 0 Å². The number of hydrogen-bond donors (Lipinski definition) is 1. The van der Waals surface area contributed by atoms with Crippen LogP contribution in [0.5, 0.6) is 5.75 Å². The Bertz CT molecular complexity index is 973. The van der Waals surface area contributed by atoms with Gasteiger partial charge < -0.3 is 9.72 Å². The van der Waals surface area contributed by atoms with Crippen LogP contribution in [0.3, 0.4) is 0 Å². The number of carbonyl (C=O) groups excluding carboxylic acids is 1.